The summed E-state index contributed by atoms with van der Waals surface area (Å²) in [5, 5.41) is 0. The molecule has 0 radical (unpaired) electrons. The second kappa shape index (κ2) is 6.99. The van der Waals surface area contributed by atoms with Crippen molar-refractivity contribution in [1.82, 2.24) is 4.90 Å². The molecule has 1 aliphatic carbocycles. The molecule has 0 N–H and O–H groups in total. The van der Waals surface area contributed by atoms with Crippen LogP contribution in [-0.4, -0.2) is 17.5 Å². The maximum absolute atomic E-state index is 4.04. The van der Waals surface area contributed by atoms with Crippen molar-refractivity contribution in [2.75, 3.05) is 7.05 Å². The Bertz CT molecular complexity index is 868. The average molecular weight is 362 g/mol. The van der Waals surface area contributed by atoms with E-state index in [1.807, 2.05) is 12.3 Å². The summed E-state index contributed by atoms with van der Waals surface area (Å²) < 4.78 is 2.31. The van der Waals surface area contributed by atoms with Crippen LogP contribution in [0.5, 0.6) is 0 Å². The van der Waals surface area contributed by atoms with Gasteiger partial charge in [-0.1, -0.05) is 45.2 Å². The fraction of sp³-hybridized carbons (Fsp3) is 0.400. The van der Waals surface area contributed by atoms with E-state index in [4.69, 9.17) is 0 Å². The summed E-state index contributed by atoms with van der Waals surface area (Å²) in [5.74, 6) is 0.464. The predicted molar refractivity (Wildman–Crippen MR) is 115 cm³/mol. The van der Waals surface area contributed by atoms with Gasteiger partial charge in [-0.2, -0.15) is 4.57 Å². The number of aryl methyl sites for hydroxylation is 1. The van der Waals surface area contributed by atoms with Crippen LogP contribution in [0.1, 0.15) is 44.2 Å². The summed E-state index contributed by atoms with van der Waals surface area (Å²) in [7, 11) is 2.16. The summed E-state index contributed by atoms with van der Waals surface area (Å²) >= 11 is 0. The minimum atomic E-state index is 0.0750. The quantitative estimate of drug-likeness (QED) is 0.468. The standard InChI is InChI=1S/C25H33N2/c1-8-17-27-18-13-14-19(4)22(27)20-15-11-12-16-21(20)23-24(5,9-2)25(23,6)26(7)10-3/h8,10-16,18,23H,1,3,9,17H2,2,4-7H3/q+1. The first-order valence-corrected chi connectivity index (χ1v) is 9.91. The number of pyridine rings is 1. The van der Waals surface area contributed by atoms with E-state index in [1.54, 1.807) is 0 Å². The summed E-state index contributed by atoms with van der Waals surface area (Å²) in [5.41, 5.74) is 5.66. The minimum Gasteiger partial charge on any atom is -0.374 e. The second-order valence-corrected chi connectivity index (χ2v) is 8.21. The molecule has 142 valence electrons. The van der Waals surface area contributed by atoms with E-state index in [-0.39, 0.29) is 11.0 Å². The average Bonchev–Trinajstić information content (AvgIpc) is 3.18. The highest BCUT2D eigenvalue weighted by atomic mass is 15.2. The lowest BCUT2D eigenvalue weighted by molar-refractivity contribution is -0.676. The number of rotatable bonds is 7. The Morgan fingerprint density at radius 3 is 2.48 bits per heavy atom. The number of nitrogens with zero attached hydrogens (tertiary/aromatic N) is 2. The molecule has 1 aromatic heterocycles. The molecule has 0 aliphatic heterocycles. The van der Waals surface area contributed by atoms with E-state index in [1.165, 1.54) is 22.4 Å². The van der Waals surface area contributed by atoms with Crippen molar-refractivity contribution in [3.8, 4) is 11.3 Å². The zero-order chi connectivity index (χ0) is 19.8. The molecule has 2 heteroatoms. The third-order valence-corrected chi connectivity index (χ3v) is 7.14. The lowest BCUT2D eigenvalue weighted by atomic mass is 9.92. The Morgan fingerprint density at radius 1 is 1.15 bits per heavy atom. The fourth-order valence-electron chi connectivity index (χ4n) is 5.15. The Labute approximate surface area is 164 Å². The molecule has 1 aliphatic rings. The van der Waals surface area contributed by atoms with Gasteiger partial charge >= 0.3 is 0 Å². The molecule has 1 heterocycles. The van der Waals surface area contributed by atoms with E-state index in [0.717, 1.165) is 13.0 Å². The lowest BCUT2D eigenvalue weighted by Gasteiger charge is -2.27. The highest BCUT2D eigenvalue weighted by Crippen LogP contribution is 2.72. The molecular weight excluding hydrogens is 328 g/mol. The molecule has 1 aromatic carbocycles. The number of aromatic nitrogens is 1. The van der Waals surface area contributed by atoms with Crippen molar-refractivity contribution in [2.45, 2.75) is 52.1 Å². The number of allylic oxidation sites excluding steroid dienone is 1. The SMILES string of the molecule is C=CC[n+]1cccc(C)c1-c1ccccc1C1C(C)(CC)C1(C)N(C)C=C. The van der Waals surface area contributed by atoms with Gasteiger partial charge in [0.05, 0.1) is 5.56 Å². The topological polar surface area (TPSA) is 7.12 Å². The Morgan fingerprint density at radius 2 is 1.85 bits per heavy atom. The van der Waals surface area contributed by atoms with Gasteiger partial charge in [-0.05, 0) is 55.7 Å². The molecule has 27 heavy (non-hydrogen) atoms. The summed E-state index contributed by atoms with van der Waals surface area (Å²) in [6, 6.07) is 13.3. The highest BCUT2D eigenvalue weighted by Gasteiger charge is 2.72. The van der Waals surface area contributed by atoms with Crippen LogP contribution >= 0.6 is 0 Å². The molecule has 3 atom stereocenters. The van der Waals surface area contributed by atoms with Crippen molar-refractivity contribution >= 4 is 0 Å². The second-order valence-electron chi connectivity index (χ2n) is 8.21. The molecule has 0 bridgehead atoms. The van der Waals surface area contributed by atoms with Crippen molar-refractivity contribution in [2.24, 2.45) is 5.41 Å². The molecule has 2 aromatic rings. The van der Waals surface area contributed by atoms with Crippen LogP contribution in [0.3, 0.4) is 0 Å². The third-order valence-electron chi connectivity index (χ3n) is 7.14. The Balaban J connectivity index is 2.21. The normalized spacial score (nSPS) is 26.5. The van der Waals surface area contributed by atoms with Crippen LogP contribution in [0.25, 0.3) is 11.3 Å². The maximum Gasteiger partial charge on any atom is 0.215 e. The predicted octanol–water partition coefficient (Wildman–Crippen LogP) is 5.48. The van der Waals surface area contributed by atoms with E-state index >= 15 is 0 Å². The molecule has 1 fully saturated rings. The van der Waals surface area contributed by atoms with Gasteiger partial charge in [-0.25, -0.2) is 0 Å². The van der Waals surface area contributed by atoms with Gasteiger partial charge < -0.3 is 4.90 Å². The van der Waals surface area contributed by atoms with Gasteiger partial charge in [-0.3, -0.25) is 0 Å². The van der Waals surface area contributed by atoms with Crippen molar-refractivity contribution in [3.05, 3.63) is 79.2 Å². The molecule has 2 nitrogen and oxygen atoms in total. The molecule has 0 spiro atoms. The van der Waals surface area contributed by atoms with Crippen LogP contribution in [-0.2, 0) is 6.54 Å². The van der Waals surface area contributed by atoms with E-state index < -0.39 is 0 Å². The van der Waals surface area contributed by atoms with E-state index in [9.17, 15) is 0 Å². The van der Waals surface area contributed by atoms with Crippen LogP contribution in [0, 0.1) is 12.3 Å². The highest BCUT2D eigenvalue weighted by molar-refractivity contribution is 5.67. The van der Waals surface area contributed by atoms with Crippen molar-refractivity contribution in [1.29, 1.82) is 0 Å². The van der Waals surface area contributed by atoms with Gasteiger partial charge in [0.2, 0.25) is 5.69 Å². The van der Waals surface area contributed by atoms with E-state index in [0.29, 0.717) is 5.92 Å². The number of likely N-dealkylation sites (N-methyl/N-ethyl adjacent to an activating group) is 1. The zero-order valence-electron chi connectivity index (χ0n) is 17.5. The number of benzene rings is 1. The van der Waals surface area contributed by atoms with E-state index in [2.05, 4.69) is 100.0 Å². The summed E-state index contributed by atoms with van der Waals surface area (Å²) in [6.07, 6.45) is 7.24. The van der Waals surface area contributed by atoms with Gasteiger partial charge in [0.15, 0.2) is 12.7 Å². The monoisotopic (exact) mass is 361 g/mol. The minimum absolute atomic E-state index is 0.0750. The van der Waals surface area contributed by atoms with Gasteiger partial charge in [0.1, 0.15) is 0 Å². The molecule has 1 saturated carbocycles. The first-order chi connectivity index (χ1) is 12.9. The number of hydrogen-bond acceptors (Lipinski definition) is 1. The molecule has 3 unspecified atom stereocenters. The third kappa shape index (κ3) is 2.74. The van der Waals surface area contributed by atoms with Crippen molar-refractivity contribution < 1.29 is 4.57 Å². The lowest BCUT2D eigenvalue weighted by Crippen LogP contribution is -2.36. The van der Waals surface area contributed by atoms with Crippen LogP contribution in [0.4, 0.5) is 0 Å². The summed E-state index contributed by atoms with van der Waals surface area (Å²) in [4.78, 5) is 2.31. The molecule has 0 saturated heterocycles. The van der Waals surface area contributed by atoms with Crippen LogP contribution in [0.2, 0.25) is 0 Å². The van der Waals surface area contributed by atoms with Gasteiger partial charge in [0, 0.05) is 30.1 Å². The Hall–Kier alpha value is -2.35. The zero-order valence-corrected chi connectivity index (χ0v) is 17.5. The summed E-state index contributed by atoms with van der Waals surface area (Å²) in [6.45, 7) is 18.1. The smallest absolute Gasteiger partial charge is 0.215 e. The molecular formula is C25H33N2+. The molecule has 0 amide bonds. The fourth-order valence-corrected chi connectivity index (χ4v) is 5.15. The van der Waals surface area contributed by atoms with Gasteiger partial charge in [0.25, 0.3) is 0 Å². The maximum atomic E-state index is 4.04. The number of hydrogen-bond donors (Lipinski definition) is 0. The van der Waals surface area contributed by atoms with Gasteiger partial charge in [-0.15, -0.1) is 0 Å². The van der Waals surface area contributed by atoms with Crippen LogP contribution in [0.15, 0.2) is 68.0 Å². The largest absolute Gasteiger partial charge is 0.374 e. The first-order valence-electron chi connectivity index (χ1n) is 9.91. The van der Waals surface area contributed by atoms with Crippen molar-refractivity contribution in [3.63, 3.8) is 0 Å². The molecule has 3 rings (SSSR count). The van der Waals surface area contributed by atoms with Crippen LogP contribution < -0.4 is 4.57 Å². The first kappa shape index (κ1) is 19.4. The Kier molecular flexibility index (Phi) is 5.03.